The molecule has 0 bridgehead atoms. The topological polar surface area (TPSA) is 50.4 Å². The van der Waals surface area contributed by atoms with Gasteiger partial charge >= 0.3 is 0 Å². The number of benzene rings is 1. The van der Waals surface area contributed by atoms with Gasteiger partial charge in [0.15, 0.2) is 0 Å². The zero-order chi connectivity index (χ0) is 15.1. The van der Waals surface area contributed by atoms with Gasteiger partial charge in [0.1, 0.15) is 5.75 Å². The number of thioether (sulfide) groups is 1. The number of piperidine rings is 1. The lowest BCUT2D eigenvalue weighted by Gasteiger charge is -2.22. The van der Waals surface area contributed by atoms with Gasteiger partial charge in [-0.25, -0.2) is 0 Å². The van der Waals surface area contributed by atoms with Gasteiger partial charge in [0.25, 0.3) is 0 Å². The monoisotopic (exact) mass is 308 g/mol. The summed E-state index contributed by atoms with van der Waals surface area (Å²) in [7, 11) is 1.65. The van der Waals surface area contributed by atoms with Crippen LogP contribution < -0.4 is 15.4 Å². The fourth-order valence-electron chi connectivity index (χ4n) is 2.41. The minimum absolute atomic E-state index is 0.0250. The van der Waals surface area contributed by atoms with Gasteiger partial charge in [0.2, 0.25) is 5.91 Å². The molecule has 1 aliphatic rings. The van der Waals surface area contributed by atoms with Crippen molar-refractivity contribution in [2.75, 3.05) is 26.0 Å². The molecule has 1 saturated heterocycles. The Labute approximate surface area is 131 Å². The molecule has 1 amide bonds. The van der Waals surface area contributed by atoms with Crippen LogP contribution in [-0.4, -0.2) is 37.1 Å². The van der Waals surface area contributed by atoms with Crippen molar-refractivity contribution in [3.05, 3.63) is 29.8 Å². The van der Waals surface area contributed by atoms with Crippen molar-refractivity contribution in [3.8, 4) is 5.75 Å². The Morgan fingerprint density at radius 3 is 2.67 bits per heavy atom. The largest absolute Gasteiger partial charge is 0.497 e. The van der Waals surface area contributed by atoms with Crippen molar-refractivity contribution in [2.45, 2.75) is 31.1 Å². The third kappa shape index (κ3) is 5.25. The van der Waals surface area contributed by atoms with Crippen molar-refractivity contribution >= 4 is 17.7 Å². The van der Waals surface area contributed by atoms with Crippen LogP contribution in [0.15, 0.2) is 24.3 Å². The van der Waals surface area contributed by atoms with E-state index in [9.17, 15) is 4.79 Å². The number of hydrogen-bond donors (Lipinski definition) is 2. The molecule has 0 aliphatic carbocycles. The van der Waals surface area contributed by atoms with Crippen LogP contribution in [-0.2, 0) is 4.79 Å². The molecule has 2 N–H and O–H groups in total. The number of nitrogens with one attached hydrogen (secondary N) is 2. The number of rotatable bonds is 6. The molecule has 1 fully saturated rings. The molecule has 0 unspecified atom stereocenters. The molecule has 1 heterocycles. The maximum absolute atomic E-state index is 12.0. The normalized spacial score (nSPS) is 17.2. The SMILES string of the molecule is COc1ccc([C@H](C)NC(=O)CSC2CCNCC2)cc1. The highest BCUT2D eigenvalue weighted by atomic mass is 32.2. The average molecular weight is 308 g/mol. The zero-order valence-corrected chi connectivity index (χ0v) is 13.5. The first-order valence-corrected chi connectivity index (χ1v) is 8.49. The Morgan fingerprint density at radius 1 is 1.38 bits per heavy atom. The van der Waals surface area contributed by atoms with Crippen molar-refractivity contribution in [1.82, 2.24) is 10.6 Å². The summed E-state index contributed by atoms with van der Waals surface area (Å²) in [4.78, 5) is 12.0. The maximum Gasteiger partial charge on any atom is 0.230 e. The summed E-state index contributed by atoms with van der Waals surface area (Å²) >= 11 is 1.78. The zero-order valence-electron chi connectivity index (χ0n) is 12.7. The molecular formula is C16H24N2O2S. The summed E-state index contributed by atoms with van der Waals surface area (Å²) in [6.07, 6.45) is 2.32. The number of hydrogen-bond acceptors (Lipinski definition) is 4. The summed E-state index contributed by atoms with van der Waals surface area (Å²) in [6.45, 7) is 4.15. The second kappa shape index (κ2) is 8.29. The predicted octanol–water partition coefficient (Wildman–Crippen LogP) is 2.36. The van der Waals surface area contributed by atoms with Crippen molar-refractivity contribution in [1.29, 1.82) is 0 Å². The molecule has 1 aliphatic heterocycles. The quantitative estimate of drug-likeness (QED) is 0.847. The van der Waals surface area contributed by atoms with Gasteiger partial charge in [-0.1, -0.05) is 12.1 Å². The molecule has 1 aromatic carbocycles. The molecule has 1 aromatic rings. The van der Waals surface area contributed by atoms with Gasteiger partial charge in [-0.05, 0) is 50.6 Å². The Hall–Kier alpha value is -1.20. The second-order valence-electron chi connectivity index (χ2n) is 5.32. The highest BCUT2D eigenvalue weighted by Gasteiger charge is 2.16. The van der Waals surface area contributed by atoms with Gasteiger partial charge in [-0.2, -0.15) is 0 Å². The number of methoxy groups -OCH3 is 1. The molecule has 21 heavy (non-hydrogen) atoms. The van der Waals surface area contributed by atoms with Gasteiger partial charge in [-0.15, -0.1) is 11.8 Å². The van der Waals surface area contributed by atoms with E-state index in [0.717, 1.165) is 37.2 Å². The first kappa shape index (κ1) is 16.2. The van der Waals surface area contributed by atoms with E-state index in [0.29, 0.717) is 11.0 Å². The second-order valence-corrected chi connectivity index (χ2v) is 6.61. The molecule has 116 valence electrons. The van der Waals surface area contributed by atoms with E-state index < -0.39 is 0 Å². The molecule has 4 nitrogen and oxygen atoms in total. The van der Waals surface area contributed by atoms with Gasteiger partial charge in [0, 0.05) is 5.25 Å². The fraction of sp³-hybridized carbons (Fsp3) is 0.562. The molecule has 1 atom stereocenters. The summed E-state index contributed by atoms with van der Waals surface area (Å²) in [5.74, 6) is 1.49. The maximum atomic E-state index is 12.0. The van der Waals surface area contributed by atoms with E-state index in [1.165, 1.54) is 0 Å². The Bertz CT molecular complexity index is 444. The summed E-state index contributed by atoms with van der Waals surface area (Å²) in [6, 6.07) is 7.84. The van der Waals surface area contributed by atoms with Crippen molar-refractivity contribution < 1.29 is 9.53 Å². The molecule has 0 saturated carbocycles. The van der Waals surface area contributed by atoms with Gasteiger partial charge in [-0.3, -0.25) is 4.79 Å². The third-order valence-corrected chi connectivity index (χ3v) is 5.10. The van der Waals surface area contributed by atoms with E-state index >= 15 is 0 Å². The van der Waals surface area contributed by atoms with Gasteiger partial charge < -0.3 is 15.4 Å². The molecule has 2 rings (SSSR count). The van der Waals surface area contributed by atoms with Crippen LogP contribution in [0.4, 0.5) is 0 Å². The molecule has 0 radical (unpaired) electrons. The highest BCUT2D eigenvalue weighted by molar-refractivity contribution is 8.00. The van der Waals surface area contributed by atoms with Crippen LogP contribution in [0.3, 0.4) is 0 Å². The van der Waals surface area contributed by atoms with E-state index in [-0.39, 0.29) is 11.9 Å². The van der Waals surface area contributed by atoms with E-state index in [4.69, 9.17) is 4.74 Å². The molecule has 0 aromatic heterocycles. The molecule has 0 spiro atoms. The molecule has 5 heteroatoms. The first-order valence-electron chi connectivity index (χ1n) is 7.44. The van der Waals surface area contributed by atoms with Crippen molar-refractivity contribution in [2.24, 2.45) is 0 Å². The first-order chi connectivity index (χ1) is 10.2. The number of ether oxygens (including phenoxy) is 1. The summed E-state index contributed by atoms with van der Waals surface area (Å²) < 4.78 is 5.14. The van der Waals surface area contributed by atoms with Crippen LogP contribution in [0.2, 0.25) is 0 Å². The lowest BCUT2D eigenvalue weighted by atomic mass is 10.1. The lowest BCUT2D eigenvalue weighted by Crippen LogP contribution is -2.32. The smallest absolute Gasteiger partial charge is 0.230 e. The van der Waals surface area contributed by atoms with Crippen molar-refractivity contribution in [3.63, 3.8) is 0 Å². The highest BCUT2D eigenvalue weighted by Crippen LogP contribution is 2.21. The predicted molar refractivity (Wildman–Crippen MR) is 87.9 cm³/mol. The number of amides is 1. The Morgan fingerprint density at radius 2 is 2.05 bits per heavy atom. The van der Waals surface area contributed by atoms with Crippen LogP contribution in [0.25, 0.3) is 0 Å². The van der Waals surface area contributed by atoms with Crippen LogP contribution in [0.5, 0.6) is 5.75 Å². The van der Waals surface area contributed by atoms with E-state index in [2.05, 4.69) is 10.6 Å². The number of carbonyl (C=O) groups is 1. The van der Waals surface area contributed by atoms with E-state index in [1.54, 1.807) is 18.9 Å². The Kier molecular flexibility index (Phi) is 6.39. The van der Waals surface area contributed by atoms with E-state index in [1.807, 2.05) is 31.2 Å². The minimum Gasteiger partial charge on any atom is -0.497 e. The third-order valence-electron chi connectivity index (χ3n) is 3.73. The molecular weight excluding hydrogens is 284 g/mol. The summed E-state index contributed by atoms with van der Waals surface area (Å²) in [5, 5.41) is 7.02. The number of carbonyl (C=O) groups excluding carboxylic acids is 1. The lowest BCUT2D eigenvalue weighted by molar-refractivity contribution is -0.119. The van der Waals surface area contributed by atoms with Crippen LogP contribution >= 0.6 is 11.8 Å². The minimum atomic E-state index is 0.0250. The average Bonchev–Trinajstić information content (AvgIpc) is 2.54. The summed E-state index contributed by atoms with van der Waals surface area (Å²) in [5.41, 5.74) is 1.09. The van der Waals surface area contributed by atoms with Crippen LogP contribution in [0.1, 0.15) is 31.4 Å². The Balaban J connectivity index is 1.75. The van der Waals surface area contributed by atoms with Gasteiger partial charge in [0.05, 0.1) is 18.9 Å². The fourth-order valence-corrected chi connectivity index (χ4v) is 3.45. The standard InChI is InChI=1S/C16H24N2O2S/c1-12(13-3-5-14(20-2)6-4-13)18-16(19)11-21-15-7-9-17-10-8-15/h3-6,12,15,17H,7-11H2,1-2H3,(H,18,19)/t12-/m0/s1. The van der Waals surface area contributed by atoms with Crippen LogP contribution in [0, 0.1) is 0 Å².